The average Bonchev–Trinajstić information content (AvgIpc) is 2.35. The summed E-state index contributed by atoms with van der Waals surface area (Å²) in [6.07, 6.45) is 1.52. The first-order valence-corrected chi connectivity index (χ1v) is 5.40. The average molecular weight is 248 g/mol. The molecule has 0 bridgehead atoms. The van der Waals surface area contributed by atoms with Gasteiger partial charge in [0, 0.05) is 16.9 Å². The van der Waals surface area contributed by atoms with Gasteiger partial charge in [0.25, 0.3) is 5.91 Å². The number of carbonyl (C=O) groups is 1. The highest BCUT2D eigenvalue weighted by molar-refractivity contribution is 6.31. The van der Waals surface area contributed by atoms with Gasteiger partial charge in [-0.05, 0) is 36.8 Å². The molecule has 1 aromatic carbocycles. The second kappa shape index (κ2) is 4.93. The van der Waals surface area contributed by atoms with Crippen LogP contribution in [0.15, 0.2) is 36.5 Å². The second-order valence-electron chi connectivity index (χ2n) is 3.52. The van der Waals surface area contributed by atoms with Crippen LogP contribution >= 0.6 is 11.6 Å². The van der Waals surface area contributed by atoms with Crippen molar-refractivity contribution < 1.29 is 4.79 Å². The van der Waals surface area contributed by atoms with Crippen LogP contribution in [-0.4, -0.2) is 16.1 Å². The minimum Gasteiger partial charge on any atom is -0.320 e. The van der Waals surface area contributed by atoms with Gasteiger partial charge in [0.2, 0.25) is 0 Å². The number of nitrogens with zero attached hydrogens (tertiary/aromatic N) is 2. The first-order chi connectivity index (χ1) is 8.16. The van der Waals surface area contributed by atoms with E-state index < -0.39 is 0 Å². The van der Waals surface area contributed by atoms with Crippen molar-refractivity contribution in [3.63, 3.8) is 0 Å². The molecule has 17 heavy (non-hydrogen) atoms. The number of halogens is 1. The van der Waals surface area contributed by atoms with Crippen LogP contribution in [0.3, 0.4) is 0 Å². The van der Waals surface area contributed by atoms with Gasteiger partial charge in [-0.25, -0.2) is 0 Å². The van der Waals surface area contributed by atoms with E-state index in [4.69, 9.17) is 11.6 Å². The standard InChI is InChI=1S/C12H10ClN3O/c1-8-4-5-9(13)7-11(8)15-12(17)10-3-2-6-14-16-10/h2-7H,1H3,(H,15,17). The number of aryl methyl sites for hydroxylation is 1. The normalized spacial score (nSPS) is 10.0. The summed E-state index contributed by atoms with van der Waals surface area (Å²) in [7, 11) is 0. The molecule has 0 fully saturated rings. The molecule has 0 aliphatic heterocycles. The van der Waals surface area contributed by atoms with E-state index in [1.807, 2.05) is 13.0 Å². The molecule has 0 spiro atoms. The molecule has 5 heteroatoms. The van der Waals surface area contributed by atoms with Crippen molar-refractivity contribution in [2.75, 3.05) is 5.32 Å². The lowest BCUT2D eigenvalue weighted by atomic mass is 10.2. The molecule has 0 saturated heterocycles. The van der Waals surface area contributed by atoms with Crippen LogP contribution in [0, 0.1) is 6.92 Å². The summed E-state index contributed by atoms with van der Waals surface area (Å²) in [6.45, 7) is 1.89. The van der Waals surface area contributed by atoms with Crippen molar-refractivity contribution in [2.45, 2.75) is 6.92 Å². The van der Waals surface area contributed by atoms with Crippen molar-refractivity contribution in [2.24, 2.45) is 0 Å². The number of benzene rings is 1. The molecule has 1 amide bonds. The zero-order valence-corrected chi connectivity index (χ0v) is 9.90. The van der Waals surface area contributed by atoms with Gasteiger partial charge < -0.3 is 5.32 Å². The predicted octanol–water partition coefficient (Wildman–Crippen LogP) is 2.69. The van der Waals surface area contributed by atoms with Gasteiger partial charge in [0.1, 0.15) is 0 Å². The summed E-state index contributed by atoms with van der Waals surface area (Å²) < 4.78 is 0. The summed E-state index contributed by atoms with van der Waals surface area (Å²) in [5, 5.41) is 10.7. The number of anilines is 1. The summed E-state index contributed by atoms with van der Waals surface area (Å²) in [4.78, 5) is 11.8. The Bertz CT molecular complexity index is 543. The summed E-state index contributed by atoms with van der Waals surface area (Å²) in [6, 6.07) is 8.57. The number of aromatic nitrogens is 2. The second-order valence-corrected chi connectivity index (χ2v) is 3.96. The van der Waals surface area contributed by atoms with Crippen LogP contribution in [0.4, 0.5) is 5.69 Å². The predicted molar refractivity (Wildman–Crippen MR) is 66.2 cm³/mol. The molecule has 86 valence electrons. The maximum absolute atomic E-state index is 11.8. The van der Waals surface area contributed by atoms with Crippen molar-refractivity contribution in [3.05, 3.63) is 52.8 Å². The fourth-order valence-corrected chi connectivity index (χ4v) is 1.51. The number of hydrogen-bond acceptors (Lipinski definition) is 3. The zero-order chi connectivity index (χ0) is 12.3. The lowest BCUT2D eigenvalue weighted by Crippen LogP contribution is -2.14. The minimum absolute atomic E-state index is 0.270. The van der Waals surface area contributed by atoms with Crippen LogP contribution in [0.2, 0.25) is 5.02 Å². The third kappa shape index (κ3) is 2.79. The third-order valence-electron chi connectivity index (χ3n) is 2.25. The fourth-order valence-electron chi connectivity index (χ4n) is 1.34. The van der Waals surface area contributed by atoms with Gasteiger partial charge >= 0.3 is 0 Å². The van der Waals surface area contributed by atoms with E-state index in [1.165, 1.54) is 6.20 Å². The Morgan fingerprint density at radius 3 is 2.88 bits per heavy atom. The molecule has 0 aliphatic carbocycles. The van der Waals surface area contributed by atoms with E-state index in [2.05, 4.69) is 15.5 Å². The summed E-state index contributed by atoms with van der Waals surface area (Å²) in [5.41, 5.74) is 1.88. The quantitative estimate of drug-likeness (QED) is 0.888. The molecule has 1 N–H and O–H groups in total. The highest BCUT2D eigenvalue weighted by Crippen LogP contribution is 2.20. The number of amides is 1. The lowest BCUT2D eigenvalue weighted by Gasteiger charge is -2.07. The van der Waals surface area contributed by atoms with Crippen LogP contribution in [0.1, 0.15) is 16.1 Å². The smallest absolute Gasteiger partial charge is 0.276 e. The number of nitrogens with one attached hydrogen (secondary N) is 1. The van der Waals surface area contributed by atoms with Gasteiger partial charge in [-0.2, -0.15) is 5.10 Å². The Morgan fingerprint density at radius 1 is 1.35 bits per heavy atom. The maximum Gasteiger partial charge on any atom is 0.276 e. The van der Waals surface area contributed by atoms with Crippen LogP contribution in [-0.2, 0) is 0 Å². The fraction of sp³-hybridized carbons (Fsp3) is 0.0833. The molecule has 2 rings (SSSR count). The molecule has 2 aromatic rings. The lowest BCUT2D eigenvalue weighted by molar-refractivity contribution is 0.102. The Kier molecular flexibility index (Phi) is 3.35. The van der Waals surface area contributed by atoms with Crippen molar-refractivity contribution in [1.29, 1.82) is 0 Å². The summed E-state index contributed by atoms with van der Waals surface area (Å²) >= 11 is 5.87. The van der Waals surface area contributed by atoms with Crippen LogP contribution in [0.25, 0.3) is 0 Å². The van der Waals surface area contributed by atoms with Crippen molar-refractivity contribution >= 4 is 23.2 Å². The van der Waals surface area contributed by atoms with E-state index in [9.17, 15) is 4.79 Å². The first kappa shape index (κ1) is 11.5. The molecule has 0 atom stereocenters. The molecule has 4 nitrogen and oxygen atoms in total. The SMILES string of the molecule is Cc1ccc(Cl)cc1NC(=O)c1cccnn1. The van der Waals surface area contributed by atoms with Gasteiger partial charge in [0.05, 0.1) is 0 Å². The van der Waals surface area contributed by atoms with E-state index >= 15 is 0 Å². The molecule has 1 heterocycles. The highest BCUT2D eigenvalue weighted by atomic mass is 35.5. The molecule has 0 saturated carbocycles. The zero-order valence-electron chi connectivity index (χ0n) is 9.14. The van der Waals surface area contributed by atoms with Crippen molar-refractivity contribution in [3.8, 4) is 0 Å². The van der Waals surface area contributed by atoms with Gasteiger partial charge in [0.15, 0.2) is 5.69 Å². The largest absolute Gasteiger partial charge is 0.320 e. The molecule has 0 aliphatic rings. The Morgan fingerprint density at radius 2 is 2.18 bits per heavy atom. The van der Waals surface area contributed by atoms with E-state index in [0.717, 1.165) is 5.56 Å². The van der Waals surface area contributed by atoms with Gasteiger partial charge in [-0.15, -0.1) is 5.10 Å². The van der Waals surface area contributed by atoms with Crippen molar-refractivity contribution in [1.82, 2.24) is 10.2 Å². The highest BCUT2D eigenvalue weighted by Gasteiger charge is 2.09. The van der Waals surface area contributed by atoms with Crippen LogP contribution in [0.5, 0.6) is 0 Å². The van der Waals surface area contributed by atoms with E-state index in [-0.39, 0.29) is 11.6 Å². The van der Waals surface area contributed by atoms with E-state index in [0.29, 0.717) is 10.7 Å². The molecule has 0 radical (unpaired) electrons. The molecular formula is C12H10ClN3O. The number of rotatable bonds is 2. The minimum atomic E-state index is -0.302. The Labute approximate surface area is 104 Å². The summed E-state index contributed by atoms with van der Waals surface area (Å²) in [5.74, 6) is -0.302. The number of carbonyl (C=O) groups excluding carboxylic acids is 1. The molecule has 0 unspecified atom stereocenters. The van der Waals surface area contributed by atoms with Crippen LogP contribution < -0.4 is 5.32 Å². The Hall–Kier alpha value is -1.94. The van der Waals surface area contributed by atoms with Gasteiger partial charge in [-0.1, -0.05) is 17.7 Å². The molecular weight excluding hydrogens is 238 g/mol. The van der Waals surface area contributed by atoms with Gasteiger partial charge in [-0.3, -0.25) is 4.79 Å². The third-order valence-corrected chi connectivity index (χ3v) is 2.49. The Balaban J connectivity index is 2.22. The monoisotopic (exact) mass is 247 g/mol. The topological polar surface area (TPSA) is 54.9 Å². The van der Waals surface area contributed by atoms with E-state index in [1.54, 1.807) is 24.3 Å². The molecule has 1 aromatic heterocycles. The number of hydrogen-bond donors (Lipinski definition) is 1. The maximum atomic E-state index is 11.8. The first-order valence-electron chi connectivity index (χ1n) is 5.02.